The maximum atomic E-state index is 13.3. The van der Waals surface area contributed by atoms with Crippen LogP contribution < -0.4 is 4.74 Å². The average molecular weight is 220 g/mol. The lowest BCUT2D eigenvalue weighted by Crippen LogP contribution is -2.19. The van der Waals surface area contributed by atoms with Gasteiger partial charge in [0.2, 0.25) is 0 Å². The van der Waals surface area contributed by atoms with Gasteiger partial charge < -0.3 is 4.74 Å². The molecular weight excluding hydrogens is 212 g/mol. The predicted octanol–water partition coefficient (Wildman–Crippen LogP) is 3.41. The van der Waals surface area contributed by atoms with E-state index in [0.29, 0.717) is 0 Å². The third-order valence-electron chi connectivity index (χ3n) is 1.60. The third kappa shape index (κ3) is 3.27. The van der Waals surface area contributed by atoms with Gasteiger partial charge in [-0.05, 0) is 6.07 Å². The normalized spacial score (nSPS) is 11.2. The fourth-order valence-corrected chi connectivity index (χ4v) is 0.956. The molecule has 0 fully saturated rings. The van der Waals surface area contributed by atoms with Crippen molar-refractivity contribution in [1.82, 2.24) is 0 Å². The molecule has 0 spiro atoms. The molecule has 1 aromatic carbocycles. The van der Waals surface area contributed by atoms with Gasteiger partial charge in [-0.2, -0.15) is 13.2 Å². The highest BCUT2D eigenvalue weighted by Gasteiger charge is 2.29. The van der Waals surface area contributed by atoms with Crippen molar-refractivity contribution in [2.24, 2.45) is 0 Å². The summed E-state index contributed by atoms with van der Waals surface area (Å²) < 4.78 is 52.9. The molecule has 15 heavy (non-hydrogen) atoms. The summed E-state index contributed by atoms with van der Waals surface area (Å²) in [6.45, 7) is 1.81. The first-order chi connectivity index (χ1) is 6.94. The molecular formula is C10H8F4O. The molecule has 0 amide bonds. The molecule has 0 aromatic heterocycles. The van der Waals surface area contributed by atoms with Crippen molar-refractivity contribution in [2.45, 2.75) is 6.18 Å². The molecule has 5 heteroatoms. The molecule has 0 heterocycles. The Morgan fingerprint density at radius 2 is 2.00 bits per heavy atom. The van der Waals surface area contributed by atoms with Crippen LogP contribution in [-0.2, 0) is 0 Å². The maximum Gasteiger partial charge on any atom is 0.422 e. The van der Waals surface area contributed by atoms with E-state index in [-0.39, 0.29) is 5.56 Å². The van der Waals surface area contributed by atoms with E-state index < -0.39 is 24.3 Å². The summed E-state index contributed by atoms with van der Waals surface area (Å²) in [6, 6.07) is 3.92. The fraction of sp³-hybridized carbons (Fsp3) is 0.200. The first-order valence-electron chi connectivity index (χ1n) is 4.04. The monoisotopic (exact) mass is 220 g/mol. The second-order valence-electron chi connectivity index (χ2n) is 2.77. The summed E-state index contributed by atoms with van der Waals surface area (Å²) in [7, 11) is 0. The summed E-state index contributed by atoms with van der Waals surface area (Å²) in [5.74, 6) is -1.26. The number of rotatable bonds is 3. The van der Waals surface area contributed by atoms with Crippen LogP contribution in [0, 0.1) is 5.82 Å². The van der Waals surface area contributed by atoms with E-state index >= 15 is 0 Å². The van der Waals surface area contributed by atoms with Crippen LogP contribution in [-0.4, -0.2) is 12.8 Å². The van der Waals surface area contributed by atoms with E-state index in [4.69, 9.17) is 0 Å². The van der Waals surface area contributed by atoms with Gasteiger partial charge in [0.1, 0.15) is 0 Å². The van der Waals surface area contributed by atoms with Crippen LogP contribution in [0.4, 0.5) is 17.6 Å². The molecule has 1 nitrogen and oxygen atoms in total. The van der Waals surface area contributed by atoms with Gasteiger partial charge in [0.05, 0.1) is 0 Å². The number of alkyl halides is 3. The molecule has 0 N–H and O–H groups in total. The quantitative estimate of drug-likeness (QED) is 0.709. The Labute approximate surface area is 84.0 Å². The Kier molecular flexibility index (Phi) is 3.34. The van der Waals surface area contributed by atoms with Crippen LogP contribution in [0.2, 0.25) is 0 Å². The molecule has 0 saturated carbocycles. The molecule has 82 valence electrons. The highest BCUT2D eigenvalue weighted by molar-refractivity contribution is 5.50. The molecule has 1 aromatic rings. The second-order valence-corrected chi connectivity index (χ2v) is 2.77. The predicted molar refractivity (Wildman–Crippen MR) is 48.0 cm³/mol. The number of benzene rings is 1. The third-order valence-corrected chi connectivity index (χ3v) is 1.60. The molecule has 0 unspecified atom stereocenters. The Morgan fingerprint density at radius 1 is 1.33 bits per heavy atom. The zero-order chi connectivity index (χ0) is 11.5. The van der Waals surface area contributed by atoms with Crippen molar-refractivity contribution in [1.29, 1.82) is 0 Å². The van der Waals surface area contributed by atoms with Crippen LogP contribution in [0.3, 0.4) is 0 Å². The van der Waals surface area contributed by atoms with Crippen molar-refractivity contribution < 1.29 is 22.3 Å². The molecule has 1 rings (SSSR count). The van der Waals surface area contributed by atoms with Gasteiger partial charge in [-0.1, -0.05) is 24.8 Å². The molecule has 0 atom stereocenters. The van der Waals surface area contributed by atoms with Gasteiger partial charge in [0, 0.05) is 5.56 Å². The van der Waals surface area contributed by atoms with E-state index in [1.54, 1.807) is 0 Å². The molecule has 0 saturated heterocycles. The lowest BCUT2D eigenvalue weighted by atomic mass is 10.2. The van der Waals surface area contributed by atoms with Gasteiger partial charge in [-0.25, -0.2) is 4.39 Å². The van der Waals surface area contributed by atoms with Crippen molar-refractivity contribution in [3.63, 3.8) is 0 Å². The molecule has 0 aliphatic heterocycles. The first-order valence-corrected chi connectivity index (χ1v) is 4.04. The van der Waals surface area contributed by atoms with Gasteiger partial charge in [0.25, 0.3) is 0 Å². The Bertz CT molecular complexity index is 357. The fourth-order valence-electron chi connectivity index (χ4n) is 0.956. The van der Waals surface area contributed by atoms with E-state index in [9.17, 15) is 17.6 Å². The van der Waals surface area contributed by atoms with Gasteiger partial charge in [-0.15, -0.1) is 0 Å². The first kappa shape index (κ1) is 11.6. The average Bonchev–Trinajstić information content (AvgIpc) is 2.15. The topological polar surface area (TPSA) is 9.23 Å². The zero-order valence-corrected chi connectivity index (χ0v) is 7.64. The van der Waals surface area contributed by atoms with Crippen molar-refractivity contribution in [2.75, 3.05) is 6.61 Å². The minimum absolute atomic E-state index is 0.106. The van der Waals surface area contributed by atoms with Crippen molar-refractivity contribution in [3.05, 3.63) is 36.2 Å². The molecule has 0 aliphatic carbocycles. The summed E-state index contributed by atoms with van der Waals surface area (Å²) in [5, 5.41) is 0. The highest BCUT2D eigenvalue weighted by Crippen LogP contribution is 2.23. The molecule has 0 radical (unpaired) electrons. The number of hydrogen-bond donors (Lipinski definition) is 0. The van der Waals surface area contributed by atoms with Crippen LogP contribution in [0.1, 0.15) is 5.56 Å². The Balaban J connectivity index is 2.82. The largest absolute Gasteiger partial charge is 0.481 e. The summed E-state index contributed by atoms with van der Waals surface area (Å²) in [5.41, 5.74) is 0.106. The number of hydrogen-bond acceptors (Lipinski definition) is 1. The highest BCUT2D eigenvalue weighted by atomic mass is 19.4. The van der Waals surface area contributed by atoms with Crippen LogP contribution in [0.25, 0.3) is 6.08 Å². The second kappa shape index (κ2) is 4.33. The van der Waals surface area contributed by atoms with Crippen molar-refractivity contribution in [3.8, 4) is 5.75 Å². The standard InChI is InChI=1S/C10H8F4O/c1-2-7-4-3-5-8(9(7)11)15-6-10(12,13)14/h2-5H,1,6H2. The Morgan fingerprint density at radius 3 is 2.53 bits per heavy atom. The summed E-state index contributed by atoms with van der Waals surface area (Å²) >= 11 is 0. The van der Waals surface area contributed by atoms with Gasteiger partial charge in [0.15, 0.2) is 18.2 Å². The van der Waals surface area contributed by atoms with Crippen molar-refractivity contribution >= 4 is 6.08 Å². The van der Waals surface area contributed by atoms with E-state index in [1.807, 2.05) is 0 Å². The minimum atomic E-state index is -4.48. The van der Waals surface area contributed by atoms with Crippen LogP contribution >= 0.6 is 0 Å². The smallest absolute Gasteiger partial charge is 0.422 e. The van der Waals surface area contributed by atoms with Gasteiger partial charge in [-0.3, -0.25) is 0 Å². The number of halogens is 4. The summed E-state index contributed by atoms with van der Waals surface area (Å²) in [6.07, 6.45) is -3.27. The molecule has 0 aliphatic rings. The van der Waals surface area contributed by atoms with E-state index in [1.165, 1.54) is 18.2 Å². The van der Waals surface area contributed by atoms with E-state index in [0.717, 1.165) is 6.07 Å². The Hall–Kier alpha value is -1.52. The minimum Gasteiger partial charge on any atom is -0.481 e. The zero-order valence-electron chi connectivity index (χ0n) is 7.64. The maximum absolute atomic E-state index is 13.3. The summed E-state index contributed by atoms with van der Waals surface area (Å²) in [4.78, 5) is 0. The van der Waals surface area contributed by atoms with E-state index in [2.05, 4.69) is 11.3 Å². The lowest BCUT2D eigenvalue weighted by Gasteiger charge is -2.10. The SMILES string of the molecule is C=Cc1cccc(OCC(F)(F)F)c1F. The van der Waals surface area contributed by atoms with Gasteiger partial charge >= 0.3 is 6.18 Å². The lowest BCUT2D eigenvalue weighted by molar-refractivity contribution is -0.153. The number of ether oxygens (including phenoxy) is 1. The van der Waals surface area contributed by atoms with Crippen LogP contribution in [0.15, 0.2) is 24.8 Å². The van der Waals surface area contributed by atoms with Crippen LogP contribution in [0.5, 0.6) is 5.75 Å². The molecule has 0 bridgehead atoms.